The molecule has 1 unspecified atom stereocenters. The summed E-state index contributed by atoms with van der Waals surface area (Å²) >= 11 is 0. The van der Waals surface area contributed by atoms with Crippen molar-refractivity contribution in [1.82, 2.24) is 9.80 Å². The van der Waals surface area contributed by atoms with E-state index < -0.39 is 0 Å². The Kier molecular flexibility index (Phi) is 4.27. The first-order valence-electron chi connectivity index (χ1n) is 7.87. The van der Waals surface area contributed by atoms with Crippen LogP contribution in [-0.4, -0.2) is 47.8 Å². The smallest absolute Gasteiger partial charge is 0.289 e. The number of piperidine rings is 2. The first-order valence-corrected chi connectivity index (χ1v) is 7.87. The van der Waals surface area contributed by atoms with E-state index in [4.69, 9.17) is 4.42 Å². The van der Waals surface area contributed by atoms with Gasteiger partial charge in [-0.3, -0.25) is 9.59 Å². The average molecular weight is 290 g/mol. The third kappa shape index (κ3) is 3.12. The molecule has 5 nitrogen and oxygen atoms in total. The maximum absolute atomic E-state index is 12.6. The van der Waals surface area contributed by atoms with Gasteiger partial charge in [0.2, 0.25) is 5.91 Å². The van der Waals surface area contributed by atoms with E-state index >= 15 is 0 Å². The lowest BCUT2D eigenvalue weighted by molar-refractivity contribution is -0.137. The van der Waals surface area contributed by atoms with Crippen LogP contribution >= 0.6 is 0 Å². The Hall–Kier alpha value is -1.78. The van der Waals surface area contributed by atoms with Crippen molar-refractivity contribution in [3.8, 4) is 0 Å². The first kappa shape index (κ1) is 14.2. The van der Waals surface area contributed by atoms with Gasteiger partial charge in [0.05, 0.1) is 12.2 Å². The maximum Gasteiger partial charge on any atom is 0.289 e. The second-order valence-corrected chi connectivity index (χ2v) is 5.95. The van der Waals surface area contributed by atoms with Gasteiger partial charge in [-0.05, 0) is 44.2 Å². The lowest BCUT2D eigenvalue weighted by Crippen LogP contribution is -2.47. The zero-order valence-corrected chi connectivity index (χ0v) is 12.3. The SMILES string of the molecule is O=C(c1ccco1)N1CCCC(C(=O)N2CCCCC2)C1. The van der Waals surface area contributed by atoms with Gasteiger partial charge in [-0.15, -0.1) is 0 Å². The van der Waals surface area contributed by atoms with Crippen LogP contribution in [0.2, 0.25) is 0 Å². The van der Waals surface area contributed by atoms with Crippen LogP contribution in [0.1, 0.15) is 42.7 Å². The van der Waals surface area contributed by atoms with Gasteiger partial charge >= 0.3 is 0 Å². The molecule has 1 aromatic heterocycles. The second-order valence-electron chi connectivity index (χ2n) is 5.95. The number of carbonyl (C=O) groups is 2. The Morgan fingerprint density at radius 3 is 2.52 bits per heavy atom. The van der Waals surface area contributed by atoms with Gasteiger partial charge in [0.25, 0.3) is 5.91 Å². The topological polar surface area (TPSA) is 53.8 Å². The molecule has 5 heteroatoms. The van der Waals surface area contributed by atoms with Crippen LogP contribution in [0.15, 0.2) is 22.8 Å². The predicted molar refractivity (Wildman–Crippen MR) is 77.8 cm³/mol. The Balaban J connectivity index is 1.62. The monoisotopic (exact) mass is 290 g/mol. The van der Waals surface area contributed by atoms with E-state index in [0.29, 0.717) is 18.8 Å². The summed E-state index contributed by atoms with van der Waals surface area (Å²) in [6.07, 6.45) is 6.71. The molecule has 0 saturated carbocycles. The fourth-order valence-electron chi connectivity index (χ4n) is 3.29. The predicted octanol–water partition coefficient (Wildman–Crippen LogP) is 2.14. The molecule has 21 heavy (non-hydrogen) atoms. The molecule has 0 bridgehead atoms. The molecule has 3 heterocycles. The Labute approximate surface area is 124 Å². The summed E-state index contributed by atoms with van der Waals surface area (Å²) in [5.74, 6) is 0.444. The number of carbonyl (C=O) groups excluding carboxylic acids is 2. The van der Waals surface area contributed by atoms with E-state index in [-0.39, 0.29) is 17.7 Å². The maximum atomic E-state index is 12.6. The summed E-state index contributed by atoms with van der Waals surface area (Å²) in [6, 6.07) is 3.39. The van der Waals surface area contributed by atoms with Crippen molar-refractivity contribution in [2.75, 3.05) is 26.2 Å². The Bertz CT molecular complexity index is 492. The molecule has 2 aliphatic heterocycles. The van der Waals surface area contributed by atoms with Crippen LogP contribution in [0.25, 0.3) is 0 Å². The molecule has 2 fully saturated rings. The lowest BCUT2D eigenvalue weighted by Gasteiger charge is -2.36. The molecule has 2 amide bonds. The van der Waals surface area contributed by atoms with Crippen LogP contribution in [0, 0.1) is 5.92 Å². The van der Waals surface area contributed by atoms with E-state index in [1.165, 1.54) is 12.7 Å². The van der Waals surface area contributed by atoms with Gasteiger partial charge in [0.1, 0.15) is 0 Å². The summed E-state index contributed by atoms with van der Waals surface area (Å²) in [6.45, 7) is 2.99. The van der Waals surface area contributed by atoms with E-state index in [2.05, 4.69) is 0 Å². The van der Waals surface area contributed by atoms with Gasteiger partial charge in [0, 0.05) is 26.2 Å². The molecule has 0 radical (unpaired) electrons. The highest BCUT2D eigenvalue weighted by atomic mass is 16.3. The van der Waals surface area contributed by atoms with Gasteiger partial charge in [-0.1, -0.05) is 0 Å². The number of furan rings is 1. The summed E-state index contributed by atoms with van der Waals surface area (Å²) in [7, 11) is 0. The molecule has 3 rings (SSSR count). The standard InChI is InChI=1S/C16H22N2O3/c19-15(17-8-2-1-3-9-17)13-6-4-10-18(12-13)16(20)14-7-5-11-21-14/h5,7,11,13H,1-4,6,8-10,12H2. The number of amides is 2. The molecular weight excluding hydrogens is 268 g/mol. The van der Waals surface area contributed by atoms with Gasteiger partial charge in [-0.2, -0.15) is 0 Å². The van der Waals surface area contributed by atoms with Crippen LogP contribution in [-0.2, 0) is 4.79 Å². The lowest BCUT2D eigenvalue weighted by atomic mass is 9.95. The number of hydrogen-bond donors (Lipinski definition) is 0. The molecule has 2 saturated heterocycles. The fraction of sp³-hybridized carbons (Fsp3) is 0.625. The van der Waals surface area contributed by atoms with E-state index in [0.717, 1.165) is 38.8 Å². The Morgan fingerprint density at radius 2 is 1.81 bits per heavy atom. The molecule has 2 aliphatic rings. The van der Waals surface area contributed by atoms with Crippen molar-refractivity contribution in [3.63, 3.8) is 0 Å². The minimum Gasteiger partial charge on any atom is -0.459 e. The molecule has 0 aromatic carbocycles. The first-order chi connectivity index (χ1) is 10.3. The summed E-state index contributed by atoms with van der Waals surface area (Å²) in [5.41, 5.74) is 0. The van der Waals surface area contributed by atoms with Crippen molar-refractivity contribution >= 4 is 11.8 Å². The normalized spacial score (nSPS) is 23.1. The highest BCUT2D eigenvalue weighted by molar-refractivity contribution is 5.92. The van der Waals surface area contributed by atoms with Gasteiger partial charge in [0.15, 0.2) is 5.76 Å². The van der Waals surface area contributed by atoms with Crippen LogP contribution in [0.5, 0.6) is 0 Å². The van der Waals surface area contributed by atoms with Crippen molar-refractivity contribution in [2.45, 2.75) is 32.1 Å². The minimum absolute atomic E-state index is 0.0456. The molecule has 0 aliphatic carbocycles. The van der Waals surface area contributed by atoms with Crippen LogP contribution < -0.4 is 0 Å². The number of nitrogens with zero attached hydrogens (tertiary/aromatic N) is 2. The van der Waals surface area contributed by atoms with Gasteiger partial charge in [-0.25, -0.2) is 0 Å². The molecule has 0 spiro atoms. The zero-order chi connectivity index (χ0) is 14.7. The third-order valence-electron chi connectivity index (χ3n) is 4.46. The minimum atomic E-state index is -0.101. The average Bonchev–Trinajstić information content (AvgIpc) is 3.09. The summed E-state index contributed by atoms with van der Waals surface area (Å²) in [5, 5.41) is 0. The van der Waals surface area contributed by atoms with Gasteiger partial charge < -0.3 is 14.2 Å². The highest BCUT2D eigenvalue weighted by Gasteiger charge is 2.32. The van der Waals surface area contributed by atoms with Crippen molar-refractivity contribution in [3.05, 3.63) is 24.2 Å². The third-order valence-corrected chi connectivity index (χ3v) is 4.46. The molecule has 0 N–H and O–H groups in total. The molecule has 1 atom stereocenters. The van der Waals surface area contributed by atoms with Crippen LogP contribution in [0.4, 0.5) is 0 Å². The van der Waals surface area contributed by atoms with E-state index in [1.54, 1.807) is 17.0 Å². The fourth-order valence-corrected chi connectivity index (χ4v) is 3.29. The Morgan fingerprint density at radius 1 is 1.05 bits per heavy atom. The van der Waals surface area contributed by atoms with E-state index in [9.17, 15) is 9.59 Å². The number of hydrogen-bond acceptors (Lipinski definition) is 3. The van der Waals surface area contributed by atoms with Crippen molar-refractivity contribution in [2.24, 2.45) is 5.92 Å². The van der Waals surface area contributed by atoms with Crippen LogP contribution in [0.3, 0.4) is 0 Å². The summed E-state index contributed by atoms with van der Waals surface area (Å²) in [4.78, 5) is 28.6. The number of rotatable bonds is 2. The summed E-state index contributed by atoms with van der Waals surface area (Å²) < 4.78 is 5.17. The molecule has 1 aromatic rings. The van der Waals surface area contributed by atoms with E-state index in [1.807, 2.05) is 4.90 Å². The largest absolute Gasteiger partial charge is 0.459 e. The number of likely N-dealkylation sites (tertiary alicyclic amines) is 2. The molecule has 114 valence electrons. The van der Waals surface area contributed by atoms with Crippen molar-refractivity contribution < 1.29 is 14.0 Å². The zero-order valence-electron chi connectivity index (χ0n) is 12.3. The second kappa shape index (κ2) is 6.33. The molecular formula is C16H22N2O3. The highest BCUT2D eigenvalue weighted by Crippen LogP contribution is 2.22. The quantitative estimate of drug-likeness (QED) is 0.838. The van der Waals surface area contributed by atoms with Crippen molar-refractivity contribution in [1.29, 1.82) is 0 Å².